The van der Waals surface area contributed by atoms with Crippen molar-refractivity contribution in [1.29, 1.82) is 0 Å². The maximum absolute atomic E-state index is 15.4. The van der Waals surface area contributed by atoms with E-state index in [2.05, 4.69) is 9.88 Å². The summed E-state index contributed by atoms with van der Waals surface area (Å²) in [6.07, 6.45) is 8.42. The van der Waals surface area contributed by atoms with Crippen LogP contribution in [0.25, 0.3) is 10.9 Å². The molecule has 2 aliphatic rings. The molecule has 1 saturated carbocycles. The lowest BCUT2D eigenvalue weighted by atomic mass is 9.74. The molecule has 1 saturated heterocycles. The van der Waals surface area contributed by atoms with Gasteiger partial charge in [0, 0.05) is 10.9 Å². The van der Waals surface area contributed by atoms with Crippen LogP contribution in [0, 0.1) is 17.2 Å². The van der Waals surface area contributed by atoms with Crippen LogP contribution in [0.15, 0.2) is 24.4 Å². The number of halogens is 2. The molecular formula is C27H36F2N2O3. The summed E-state index contributed by atoms with van der Waals surface area (Å²) < 4.78 is 35.3. The molecule has 34 heavy (non-hydrogen) atoms. The van der Waals surface area contributed by atoms with Gasteiger partial charge < -0.3 is 14.7 Å². The van der Waals surface area contributed by atoms with Gasteiger partial charge in [-0.05, 0) is 75.9 Å². The Morgan fingerprint density at radius 3 is 2.68 bits per heavy atom. The maximum atomic E-state index is 15.4. The third-order valence-corrected chi connectivity index (χ3v) is 8.10. The second-order valence-corrected chi connectivity index (χ2v) is 10.1. The van der Waals surface area contributed by atoms with E-state index in [-0.39, 0.29) is 18.4 Å². The lowest BCUT2D eigenvalue weighted by Crippen LogP contribution is -2.45. The third-order valence-electron chi connectivity index (χ3n) is 8.10. The zero-order valence-corrected chi connectivity index (χ0v) is 20.1. The summed E-state index contributed by atoms with van der Waals surface area (Å²) in [5.74, 6) is -0.282. The number of methoxy groups -OCH3 is 1. The van der Waals surface area contributed by atoms with Gasteiger partial charge in [-0.15, -0.1) is 0 Å². The van der Waals surface area contributed by atoms with Crippen LogP contribution in [0.5, 0.6) is 5.75 Å². The van der Waals surface area contributed by atoms with Crippen molar-refractivity contribution in [2.75, 3.05) is 26.7 Å². The number of ether oxygens (including phenoxy) is 1. The number of carboxylic acid groups (broad SMARTS) is 1. The summed E-state index contributed by atoms with van der Waals surface area (Å²) >= 11 is 0. The van der Waals surface area contributed by atoms with Crippen LogP contribution in [0.1, 0.15) is 75.9 Å². The van der Waals surface area contributed by atoms with Gasteiger partial charge in [-0.1, -0.05) is 32.1 Å². The Morgan fingerprint density at radius 1 is 1.26 bits per heavy atom. The van der Waals surface area contributed by atoms with Crippen LogP contribution in [-0.4, -0.2) is 47.7 Å². The minimum Gasteiger partial charge on any atom is -0.497 e. The highest BCUT2D eigenvalue weighted by molar-refractivity contribution is 5.84. The van der Waals surface area contributed by atoms with Gasteiger partial charge in [-0.2, -0.15) is 0 Å². The Hall–Kier alpha value is -2.28. The van der Waals surface area contributed by atoms with Gasteiger partial charge in [0.1, 0.15) is 17.7 Å². The molecule has 2 aromatic rings. The average Bonchev–Trinajstić information content (AvgIpc) is 2.86. The molecule has 1 aromatic carbocycles. The number of piperidine rings is 1. The first-order valence-electron chi connectivity index (χ1n) is 12.6. The van der Waals surface area contributed by atoms with Crippen LogP contribution in [-0.2, 0) is 4.79 Å². The smallest absolute Gasteiger partial charge is 0.309 e. The first kappa shape index (κ1) is 24.8. The van der Waals surface area contributed by atoms with Gasteiger partial charge in [-0.3, -0.25) is 9.78 Å². The molecule has 0 bridgehead atoms. The molecule has 1 aliphatic heterocycles. The van der Waals surface area contributed by atoms with E-state index in [0.29, 0.717) is 29.5 Å². The zero-order chi connectivity index (χ0) is 24.1. The van der Waals surface area contributed by atoms with Crippen molar-refractivity contribution in [1.82, 2.24) is 9.88 Å². The van der Waals surface area contributed by atoms with E-state index in [4.69, 9.17) is 4.74 Å². The number of aliphatic carboxylic acids is 1. The number of likely N-dealkylation sites (tertiary alicyclic amines) is 1. The predicted molar refractivity (Wildman–Crippen MR) is 128 cm³/mol. The number of carboxylic acids is 1. The molecule has 0 spiro atoms. The summed E-state index contributed by atoms with van der Waals surface area (Å²) in [4.78, 5) is 18.7. The van der Waals surface area contributed by atoms with Crippen molar-refractivity contribution in [3.8, 4) is 5.75 Å². The second-order valence-electron chi connectivity index (χ2n) is 10.1. The lowest BCUT2D eigenvalue weighted by molar-refractivity contribution is -0.153. The van der Waals surface area contributed by atoms with E-state index in [0.717, 1.165) is 31.7 Å². The number of pyridine rings is 1. The topological polar surface area (TPSA) is 62.7 Å². The van der Waals surface area contributed by atoms with Gasteiger partial charge in [0.15, 0.2) is 0 Å². The second kappa shape index (κ2) is 11.0. The van der Waals surface area contributed by atoms with Crippen molar-refractivity contribution >= 4 is 16.9 Å². The Kier molecular flexibility index (Phi) is 8.02. The van der Waals surface area contributed by atoms with E-state index in [9.17, 15) is 14.3 Å². The van der Waals surface area contributed by atoms with Crippen molar-refractivity contribution in [3.05, 3.63) is 35.8 Å². The molecular weight excluding hydrogens is 438 g/mol. The van der Waals surface area contributed by atoms with Gasteiger partial charge in [0.25, 0.3) is 0 Å². The molecule has 2 heterocycles. The molecule has 186 valence electrons. The van der Waals surface area contributed by atoms with Crippen molar-refractivity contribution in [2.45, 2.75) is 70.4 Å². The van der Waals surface area contributed by atoms with Crippen molar-refractivity contribution in [2.24, 2.45) is 11.3 Å². The lowest BCUT2D eigenvalue weighted by Gasteiger charge is -2.39. The Labute approximate surface area is 200 Å². The average molecular weight is 475 g/mol. The normalized spacial score (nSPS) is 20.3. The first-order chi connectivity index (χ1) is 16.4. The zero-order valence-electron chi connectivity index (χ0n) is 20.1. The number of fused-ring (bicyclic) bond motifs is 1. The maximum Gasteiger partial charge on any atom is 0.309 e. The molecule has 0 amide bonds. The van der Waals surface area contributed by atoms with Crippen LogP contribution in [0.3, 0.4) is 0 Å². The van der Waals surface area contributed by atoms with Crippen LogP contribution in [0.4, 0.5) is 8.78 Å². The first-order valence-corrected chi connectivity index (χ1v) is 12.6. The van der Waals surface area contributed by atoms with Gasteiger partial charge in [-0.25, -0.2) is 8.78 Å². The van der Waals surface area contributed by atoms with E-state index in [1.165, 1.54) is 45.6 Å². The third kappa shape index (κ3) is 5.51. The number of carbonyl (C=O) groups is 1. The van der Waals surface area contributed by atoms with Crippen LogP contribution in [0.2, 0.25) is 0 Å². The number of benzene rings is 1. The standard InChI is InChI=1S/C27H36F2N2O3/c1-34-20-7-8-24-21(17-20)25(23(29)18-30-24)22(28)9-11-27(26(32)33)12-15-31(16-13-27)14-10-19-5-3-2-4-6-19/h7-8,17-19,22H,2-6,9-16H2,1H3,(H,32,33)/t22-/m1/s1. The number of hydrogen-bond acceptors (Lipinski definition) is 4. The monoisotopic (exact) mass is 474 g/mol. The SMILES string of the molecule is COc1ccc2ncc(F)c([C@H](F)CCC3(C(=O)O)CCN(CCC4CCCCC4)CC3)c2c1. The Morgan fingerprint density at radius 2 is 2.00 bits per heavy atom. The predicted octanol–water partition coefficient (Wildman–Crippen LogP) is 6.31. The molecule has 4 rings (SSSR count). The van der Waals surface area contributed by atoms with E-state index < -0.39 is 23.4 Å². The number of nitrogens with zero attached hydrogens (tertiary/aromatic N) is 2. The summed E-state index contributed by atoms with van der Waals surface area (Å²) in [5, 5.41) is 10.4. The fraction of sp³-hybridized carbons (Fsp3) is 0.630. The summed E-state index contributed by atoms with van der Waals surface area (Å²) in [6, 6.07) is 4.96. The molecule has 2 fully saturated rings. The quantitative estimate of drug-likeness (QED) is 0.461. The van der Waals surface area contributed by atoms with E-state index >= 15 is 4.39 Å². The molecule has 7 heteroatoms. The van der Waals surface area contributed by atoms with Gasteiger partial charge in [0.2, 0.25) is 0 Å². The van der Waals surface area contributed by atoms with Crippen LogP contribution >= 0.6 is 0 Å². The minimum absolute atomic E-state index is 0.0401. The van der Waals surface area contributed by atoms with Crippen molar-refractivity contribution in [3.63, 3.8) is 0 Å². The highest BCUT2D eigenvalue weighted by Crippen LogP contribution is 2.41. The highest BCUT2D eigenvalue weighted by Gasteiger charge is 2.42. The largest absolute Gasteiger partial charge is 0.497 e. The van der Waals surface area contributed by atoms with E-state index in [1.54, 1.807) is 18.2 Å². The molecule has 5 nitrogen and oxygen atoms in total. The molecule has 1 aliphatic carbocycles. The van der Waals surface area contributed by atoms with Gasteiger partial charge >= 0.3 is 5.97 Å². The summed E-state index contributed by atoms with van der Waals surface area (Å²) in [5.41, 5.74) is -0.531. The molecule has 1 aromatic heterocycles. The highest BCUT2D eigenvalue weighted by atomic mass is 19.1. The summed E-state index contributed by atoms with van der Waals surface area (Å²) in [6.45, 7) is 2.46. The molecule has 1 atom stereocenters. The van der Waals surface area contributed by atoms with E-state index in [1.807, 2.05) is 0 Å². The molecule has 0 unspecified atom stereocenters. The molecule has 0 radical (unpaired) electrons. The molecule has 1 N–H and O–H groups in total. The fourth-order valence-electron chi connectivity index (χ4n) is 5.78. The number of aromatic nitrogens is 1. The number of rotatable bonds is 9. The minimum atomic E-state index is -1.61. The number of hydrogen-bond donors (Lipinski definition) is 1. The van der Waals surface area contributed by atoms with Crippen LogP contribution < -0.4 is 4.74 Å². The number of alkyl halides is 1. The fourth-order valence-corrected chi connectivity index (χ4v) is 5.78. The van der Waals surface area contributed by atoms with Gasteiger partial charge in [0.05, 0.1) is 24.2 Å². The Bertz CT molecular complexity index is 985. The Balaban J connectivity index is 1.39. The summed E-state index contributed by atoms with van der Waals surface area (Å²) in [7, 11) is 1.50. The van der Waals surface area contributed by atoms with Crippen molar-refractivity contribution < 1.29 is 23.4 Å².